The van der Waals surface area contributed by atoms with Crippen LogP contribution in [0.4, 0.5) is 5.95 Å². The smallest absolute Gasteiger partial charge is 0.228 e. The summed E-state index contributed by atoms with van der Waals surface area (Å²) in [5.41, 5.74) is 0. The summed E-state index contributed by atoms with van der Waals surface area (Å²) in [6.07, 6.45) is 3.76. The molecule has 0 N–H and O–H groups in total. The molecule has 17 heavy (non-hydrogen) atoms. The largest absolute Gasteiger partial charge is 0.341 e. The predicted molar refractivity (Wildman–Crippen MR) is 73.2 cm³/mol. The Balaban J connectivity index is 2.04. The molecule has 1 aliphatic rings. The number of hydrogen-bond acceptors (Lipinski definition) is 4. The van der Waals surface area contributed by atoms with Crippen molar-refractivity contribution in [1.29, 1.82) is 0 Å². The molecule has 0 radical (unpaired) electrons. The van der Waals surface area contributed by atoms with Crippen molar-refractivity contribution in [2.45, 2.75) is 26.2 Å². The lowest BCUT2D eigenvalue weighted by molar-refractivity contribution is 0.569. The van der Waals surface area contributed by atoms with Gasteiger partial charge in [-0.05, 0) is 32.3 Å². The lowest BCUT2D eigenvalue weighted by Gasteiger charge is -2.26. The standard InChI is InChI=1S/C12H14ClN3S/c1-8-7-9-10(13)14-12(15-11(9)17-8)16-5-3-2-4-6-16/h7H,2-6H2,1H3. The molecule has 2 aromatic rings. The Kier molecular flexibility index (Phi) is 2.92. The molecule has 1 fully saturated rings. The number of thiophene rings is 1. The van der Waals surface area contributed by atoms with E-state index in [-0.39, 0.29) is 0 Å². The van der Waals surface area contributed by atoms with Crippen LogP contribution in [-0.2, 0) is 0 Å². The molecule has 2 aromatic heterocycles. The summed E-state index contributed by atoms with van der Waals surface area (Å²) >= 11 is 7.91. The van der Waals surface area contributed by atoms with Gasteiger partial charge in [0.1, 0.15) is 9.98 Å². The summed E-state index contributed by atoms with van der Waals surface area (Å²) in [6, 6.07) is 2.06. The Bertz CT molecular complexity index is 546. The van der Waals surface area contributed by atoms with Crippen molar-refractivity contribution >= 4 is 39.1 Å². The van der Waals surface area contributed by atoms with Crippen molar-refractivity contribution in [3.63, 3.8) is 0 Å². The van der Waals surface area contributed by atoms with Crippen LogP contribution in [0.5, 0.6) is 0 Å². The Morgan fingerprint density at radius 3 is 2.76 bits per heavy atom. The van der Waals surface area contributed by atoms with E-state index in [4.69, 9.17) is 11.6 Å². The minimum atomic E-state index is 0.583. The van der Waals surface area contributed by atoms with Crippen LogP contribution in [0.3, 0.4) is 0 Å². The Morgan fingerprint density at radius 1 is 1.24 bits per heavy atom. The summed E-state index contributed by atoms with van der Waals surface area (Å²) in [7, 11) is 0. The van der Waals surface area contributed by atoms with Gasteiger partial charge in [-0.3, -0.25) is 0 Å². The molecular weight excluding hydrogens is 254 g/mol. The average molecular weight is 268 g/mol. The van der Waals surface area contributed by atoms with Gasteiger partial charge < -0.3 is 4.90 Å². The summed E-state index contributed by atoms with van der Waals surface area (Å²) in [5.74, 6) is 0.795. The summed E-state index contributed by atoms with van der Waals surface area (Å²) in [5, 5.41) is 1.56. The first-order chi connectivity index (χ1) is 8.24. The molecule has 1 aliphatic heterocycles. The highest BCUT2D eigenvalue weighted by atomic mass is 35.5. The topological polar surface area (TPSA) is 29.0 Å². The molecule has 0 bridgehead atoms. The highest BCUT2D eigenvalue weighted by Gasteiger charge is 2.16. The highest BCUT2D eigenvalue weighted by molar-refractivity contribution is 7.18. The Labute approximate surface area is 109 Å². The molecule has 3 nitrogen and oxygen atoms in total. The molecule has 90 valence electrons. The minimum Gasteiger partial charge on any atom is -0.341 e. The number of rotatable bonds is 1. The average Bonchev–Trinajstić information content (AvgIpc) is 2.71. The third-order valence-electron chi connectivity index (χ3n) is 3.10. The van der Waals surface area contributed by atoms with E-state index < -0.39 is 0 Å². The van der Waals surface area contributed by atoms with Crippen LogP contribution in [0.15, 0.2) is 6.07 Å². The SMILES string of the molecule is Cc1cc2c(Cl)nc(N3CCCCC3)nc2s1. The van der Waals surface area contributed by atoms with Gasteiger partial charge in [0, 0.05) is 23.4 Å². The first-order valence-electron chi connectivity index (χ1n) is 5.93. The van der Waals surface area contributed by atoms with E-state index in [2.05, 4.69) is 27.9 Å². The zero-order valence-corrected chi connectivity index (χ0v) is 11.3. The Hall–Kier alpha value is -0.870. The third kappa shape index (κ3) is 2.11. The van der Waals surface area contributed by atoms with Crippen LogP contribution in [0.2, 0.25) is 5.15 Å². The second-order valence-corrected chi connectivity index (χ2v) is 6.03. The van der Waals surface area contributed by atoms with E-state index in [1.807, 2.05) is 0 Å². The summed E-state index contributed by atoms with van der Waals surface area (Å²) in [6.45, 7) is 4.17. The number of piperidine rings is 1. The van der Waals surface area contributed by atoms with Gasteiger partial charge in [-0.2, -0.15) is 0 Å². The van der Waals surface area contributed by atoms with Gasteiger partial charge >= 0.3 is 0 Å². The van der Waals surface area contributed by atoms with E-state index in [9.17, 15) is 0 Å². The van der Waals surface area contributed by atoms with E-state index >= 15 is 0 Å². The number of anilines is 1. The molecular formula is C12H14ClN3S. The quantitative estimate of drug-likeness (QED) is 0.739. The van der Waals surface area contributed by atoms with Gasteiger partial charge in [0.2, 0.25) is 5.95 Å². The summed E-state index contributed by atoms with van der Waals surface area (Å²) < 4.78 is 0. The molecule has 0 unspecified atom stereocenters. The van der Waals surface area contributed by atoms with Crippen LogP contribution in [0.1, 0.15) is 24.1 Å². The second kappa shape index (κ2) is 4.42. The molecule has 0 spiro atoms. The van der Waals surface area contributed by atoms with Crippen molar-refractivity contribution in [2.24, 2.45) is 0 Å². The molecule has 0 amide bonds. The molecule has 0 aromatic carbocycles. The maximum absolute atomic E-state index is 6.22. The fraction of sp³-hybridized carbons (Fsp3) is 0.500. The predicted octanol–water partition coefficient (Wildman–Crippen LogP) is 3.64. The fourth-order valence-electron chi connectivity index (χ4n) is 2.23. The zero-order chi connectivity index (χ0) is 11.8. The number of hydrogen-bond donors (Lipinski definition) is 0. The van der Waals surface area contributed by atoms with Crippen molar-refractivity contribution in [2.75, 3.05) is 18.0 Å². The van der Waals surface area contributed by atoms with Crippen LogP contribution in [-0.4, -0.2) is 23.1 Å². The first-order valence-corrected chi connectivity index (χ1v) is 7.12. The van der Waals surface area contributed by atoms with Crippen LogP contribution >= 0.6 is 22.9 Å². The normalized spacial score (nSPS) is 16.7. The second-order valence-electron chi connectivity index (χ2n) is 4.44. The third-order valence-corrected chi connectivity index (χ3v) is 4.33. The number of halogens is 1. The van der Waals surface area contributed by atoms with Crippen molar-refractivity contribution in [3.05, 3.63) is 16.1 Å². The van der Waals surface area contributed by atoms with Crippen molar-refractivity contribution in [1.82, 2.24) is 9.97 Å². The van der Waals surface area contributed by atoms with Gasteiger partial charge in [0.15, 0.2) is 0 Å². The van der Waals surface area contributed by atoms with E-state index in [1.54, 1.807) is 11.3 Å². The van der Waals surface area contributed by atoms with Crippen LogP contribution in [0.25, 0.3) is 10.2 Å². The maximum Gasteiger partial charge on any atom is 0.228 e. The minimum absolute atomic E-state index is 0.583. The molecule has 0 saturated carbocycles. The van der Waals surface area contributed by atoms with Gasteiger partial charge in [-0.15, -0.1) is 11.3 Å². The first kappa shape index (κ1) is 11.2. The van der Waals surface area contributed by atoms with Crippen LogP contribution in [0, 0.1) is 6.92 Å². The number of aromatic nitrogens is 2. The molecule has 0 aliphatic carbocycles. The Morgan fingerprint density at radius 2 is 2.00 bits per heavy atom. The molecule has 3 rings (SSSR count). The lowest BCUT2D eigenvalue weighted by atomic mass is 10.1. The fourth-order valence-corrected chi connectivity index (χ4v) is 3.38. The van der Waals surface area contributed by atoms with Gasteiger partial charge in [-0.25, -0.2) is 9.97 Å². The zero-order valence-electron chi connectivity index (χ0n) is 9.74. The number of aryl methyl sites for hydroxylation is 1. The molecule has 3 heterocycles. The van der Waals surface area contributed by atoms with Crippen molar-refractivity contribution in [3.8, 4) is 0 Å². The van der Waals surface area contributed by atoms with E-state index in [0.717, 1.165) is 29.3 Å². The summed E-state index contributed by atoms with van der Waals surface area (Å²) in [4.78, 5) is 13.5. The van der Waals surface area contributed by atoms with Gasteiger partial charge in [0.05, 0.1) is 0 Å². The maximum atomic E-state index is 6.22. The molecule has 0 atom stereocenters. The van der Waals surface area contributed by atoms with Crippen molar-refractivity contribution < 1.29 is 0 Å². The van der Waals surface area contributed by atoms with Gasteiger partial charge in [-0.1, -0.05) is 11.6 Å². The molecule has 5 heteroatoms. The number of fused-ring (bicyclic) bond motifs is 1. The highest BCUT2D eigenvalue weighted by Crippen LogP contribution is 2.30. The lowest BCUT2D eigenvalue weighted by Crippen LogP contribution is -2.30. The molecule has 1 saturated heterocycles. The van der Waals surface area contributed by atoms with Crippen LogP contribution < -0.4 is 4.90 Å². The van der Waals surface area contributed by atoms with Gasteiger partial charge in [0.25, 0.3) is 0 Å². The van der Waals surface area contributed by atoms with E-state index in [0.29, 0.717) is 5.15 Å². The van der Waals surface area contributed by atoms with E-state index in [1.165, 1.54) is 24.1 Å². The monoisotopic (exact) mass is 267 g/mol. The number of nitrogens with zero attached hydrogens (tertiary/aromatic N) is 3.